The van der Waals surface area contributed by atoms with Crippen LogP contribution in [0.2, 0.25) is 0 Å². The lowest BCUT2D eigenvalue weighted by molar-refractivity contribution is -0.121. The zero-order valence-electron chi connectivity index (χ0n) is 12.9. The molecule has 5 heteroatoms. The van der Waals surface area contributed by atoms with Crippen LogP contribution in [0, 0.1) is 6.92 Å². The number of rotatable bonds is 5. The fourth-order valence-electron chi connectivity index (χ4n) is 2.50. The lowest BCUT2D eigenvalue weighted by Gasteiger charge is -2.08. The normalized spacial score (nSPS) is 10.8. The summed E-state index contributed by atoms with van der Waals surface area (Å²) in [6, 6.07) is 13.4. The number of aromatic nitrogens is 1. The second-order valence-corrected chi connectivity index (χ2v) is 5.55. The summed E-state index contributed by atoms with van der Waals surface area (Å²) in [6.07, 6.45) is 1.02. The second-order valence-electron chi connectivity index (χ2n) is 5.55. The number of nitrogens with one attached hydrogen (secondary N) is 2. The Labute approximate surface area is 133 Å². The maximum atomic E-state index is 12.0. The molecule has 3 rings (SSSR count). The summed E-state index contributed by atoms with van der Waals surface area (Å²) in [6.45, 7) is 2.57. The Bertz CT molecular complexity index is 892. The molecule has 0 saturated carbocycles. The maximum absolute atomic E-state index is 12.0. The zero-order valence-corrected chi connectivity index (χ0v) is 12.9. The van der Waals surface area contributed by atoms with Crippen molar-refractivity contribution in [3.05, 3.63) is 69.7 Å². The highest BCUT2D eigenvalue weighted by molar-refractivity contribution is 5.77. The predicted molar refractivity (Wildman–Crippen MR) is 88.2 cm³/mol. The molecule has 2 aromatic carbocycles. The number of hydrogen-bond donors (Lipinski definition) is 2. The number of carbonyl (C=O) groups excluding carboxylic acids is 1. The molecule has 1 heterocycles. The monoisotopic (exact) mass is 310 g/mol. The van der Waals surface area contributed by atoms with Gasteiger partial charge in [0.15, 0.2) is 5.58 Å². The smallest absolute Gasteiger partial charge is 0.408 e. The van der Waals surface area contributed by atoms with E-state index in [0.29, 0.717) is 30.5 Å². The molecule has 1 aromatic heterocycles. The number of benzene rings is 2. The van der Waals surface area contributed by atoms with Crippen molar-refractivity contribution in [2.45, 2.75) is 26.3 Å². The molecule has 0 aliphatic heterocycles. The molecule has 0 unspecified atom stereocenters. The molecule has 2 N–H and O–H groups in total. The van der Waals surface area contributed by atoms with Gasteiger partial charge in [-0.25, -0.2) is 4.79 Å². The predicted octanol–water partition coefficient (Wildman–Crippen LogP) is 2.68. The van der Waals surface area contributed by atoms with Crippen molar-refractivity contribution in [1.29, 1.82) is 0 Å². The first-order valence-corrected chi connectivity index (χ1v) is 7.55. The van der Waals surface area contributed by atoms with E-state index in [2.05, 4.69) is 10.3 Å². The van der Waals surface area contributed by atoms with E-state index in [-0.39, 0.29) is 5.91 Å². The average molecular weight is 310 g/mol. The van der Waals surface area contributed by atoms with Crippen LogP contribution >= 0.6 is 0 Å². The van der Waals surface area contributed by atoms with Gasteiger partial charge in [0.1, 0.15) is 0 Å². The van der Waals surface area contributed by atoms with Crippen molar-refractivity contribution in [3.63, 3.8) is 0 Å². The van der Waals surface area contributed by atoms with Gasteiger partial charge in [0.2, 0.25) is 5.91 Å². The molecule has 0 aliphatic rings. The van der Waals surface area contributed by atoms with Crippen LogP contribution in [0.1, 0.15) is 23.1 Å². The SMILES string of the molecule is Cc1ccccc1CNC(=O)CCc1ccc2oc(=O)[nH]c2c1. The number of amides is 1. The highest BCUT2D eigenvalue weighted by Crippen LogP contribution is 2.13. The molecule has 0 atom stereocenters. The first kappa shape index (κ1) is 15.1. The number of oxazole rings is 1. The van der Waals surface area contributed by atoms with Crippen LogP contribution in [0.5, 0.6) is 0 Å². The van der Waals surface area contributed by atoms with Crippen molar-refractivity contribution in [2.75, 3.05) is 0 Å². The fourth-order valence-corrected chi connectivity index (χ4v) is 2.50. The van der Waals surface area contributed by atoms with Crippen LogP contribution < -0.4 is 11.1 Å². The van der Waals surface area contributed by atoms with E-state index < -0.39 is 5.76 Å². The van der Waals surface area contributed by atoms with E-state index in [1.54, 1.807) is 6.07 Å². The number of carbonyl (C=O) groups is 1. The first-order valence-electron chi connectivity index (χ1n) is 7.55. The van der Waals surface area contributed by atoms with E-state index >= 15 is 0 Å². The van der Waals surface area contributed by atoms with Crippen LogP contribution in [0.4, 0.5) is 0 Å². The van der Waals surface area contributed by atoms with Crippen LogP contribution in [0.3, 0.4) is 0 Å². The molecule has 0 radical (unpaired) electrons. The highest BCUT2D eigenvalue weighted by Gasteiger charge is 2.06. The lowest BCUT2D eigenvalue weighted by Crippen LogP contribution is -2.23. The Morgan fingerprint density at radius 2 is 2.04 bits per heavy atom. The third kappa shape index (κ3) is 3.69. The van der Waals surface area contributed by atoms with E-state index in [1.165, 1.54) is 5.56 Å². The van der Waals surface area contributed by atoms with Crippen molar-refractivity contribution < 1.29 is 9.21 Å². The van der Waals surface area contributed by atoms with Gasteiger partial charge < -0.3 is 9.73 Å². The Kier molecular flexibility index (Phi) is 4.28. The molecular formula is C18H18N2O3. The highest BCUT2D eigenvalue weighted by atomic mass is 16.4. The summed E-state index contributed by atoms with van der Waals surface area (Å²) in [4.78, 5) is 25.7. The second kappa shape index (κ2) is 6.52. The minimum atomic E-state index is -0.465. The molecule has 1 amide bonds. The van der Waals surface area contributed by atoms with Crippen molar-refractivity contribution in [2.24, 2.45) is 0 Å². The van der Waals surface area contributed by atoms with E-state index in [1.807, 2.05) is 43.3 Å². The third-order valence-corrected chi connectivity index (χ3v) is 3.86. The number of fused-ring (bicyclic) bond motifs is 1. The fraction of sp³-hybridized carbons (Fsp3) is 0.222. The molecule has 0 fully saturated rings. The molecule has 5 nitrogen and oxygen atoms in total. The van der Waals surface area contributed by atoms with Gasteiger partial charge in [0.25, 0.3) is 0 Å². The summed E-state index contributed by atoms with van der Waals surface area (Å²) in [7, 11) is 0. The van der Waals surface area contributed by atoms with E-state index in [0.717, 1.165) is 11.1 Å². The maximum Gasteiger partial charge on any atom is 0.417 e. The third-order valence-electron chi connectivity index (χ3n) is 3.86. The lowest BCUT2D eigenvalue weighted by atomic mass is 10.1. The summed E-state index contributed by atoms with van der Waals surface area (Å²) in [5.41, 5.74) is 4.47. The van der Waals surface area contributed by atoms with E-state index in [4.69, 9.17) is 4.42 Å². The van der Waals surface area contributed by atoms with Gasteiger partial charge in [-0.2, -0.15) is 0 Å². The molecule has 0 bridgehead atoms. The van der Waals surface area contributed by atoms with Crippen LogP contribution in [-0.2, 0) is 17.8 Å². The van der Waals surface area contributed by atoms with Crippen LogP contribution in [0.25, 0.3) is 11.1 Å². The van der Waals surface area contributed by atoms with E-state index in [9.17, 15) is 9.59 Å². The van der Waals surface area contributed by atoms with Gasteiger partial charge >= 0.3 is 5.76 Å². The molecular weight excluding hydrogens is 292 g/mol. The summed E-state index contributed by atoms with van der Waals surface area (Å²) in [5.74, 6) is -0.456. The Balaban J connectivity index is 1.55. The number of H-pyrrole nitrogens is 1. The molecule has 0 spiro atoms. The minimum Gasteiger partial charge on any atom is -0.408 e. The topological polar surface area (TPSA) is 75.1 Å². The van der Waals surface area contributed by atoms with Crippen molar-refractivity contribution >= 4 is 17.0 Å². The van der Waals surface area contributed by atoms with Crippen molar-refractivity contribution in [3.8, 4) is 0 Å². The number of hydrogen-bond acceptors (Lipinski definition) is 3. The van der Waals surface area contributed by atoms with Gasteiger partial charge in [0.05, 0.1) is 5.52 Å². The van der Waals surface area contributed by atoms with Crippen LogP contribution in [-0.4, -0.2) is 10.9 Å². The largest absolute Gasteiger partial charge is 0.417 e. The van der Waals surface area contributed by atoms with Gasteiger partial charge in [0, 0.05) is 13.0 Å². The zero-order chi connectivity index (χ0) is 16.2. The number of aryl methyl sites for hydroxylation is 2. The molecule has 3 aromatic rings. The van der Waals surface area contributed by atoms with Gasteiger partial charge in [-0.15, -0.1) is 0 Å². The first-order chi connectivity index (χ1) is 11.1. The summed E-state index contributed by atoms with van der Waals surface area (Å²) >= 11 is 0. The Hall–Kier alpha value is -2.82. The van der Waals surface area contributed by atoms with Crippen LogP contribution in [0.15, 0.2) is 51.7 Å². The average Bonchev–Trinajstić information content (AvgIpc) is 2.91. The van der Waals surface area contributed by atoms with Crippen molar-refractivity contribution in [1.82, 2.24) is 10.3 Å². The standard InChI is InChI=1S/C18H18N2O3/c1-12-4-2-3-5-14(12)11-19-17(21)9-7-13-6-8-16-15(10-13)20-18(22)23-16/h2-6,8,10H,7,9,11H2,1H3,(H,19,21)(H,20,22). The van der Waals surface area contributed by atoms with Gasteiger partial charge in [-0.1, -0.05) is 30.3 Å². The quantitative estimate of drug-likeness (QED) is 0.761. The minimum absolute atomic E-state index is 0.00837. The summed E-state index contributed by atoms with van der Waals surface area (Å²) < 4.78 is 4.96. The molecule has 0 saturated heterocycles. The molecule has 118 valence electrons. The number of aromatic amines is 1. The molecule has 0 aliphatic carbocycles. The Morgan fingerprint density at radius 3 is 2.87 bits per heavy atom. The Morgan fingerprint density at radius 1 is 1.22 bits per heavy atom. The van der Waals surface area contributed by atoms with Gasteiger partial charge in [-0.3, -0.25) is 9.78 Å². The molecule has 23 heavy (non-hydrogen) atoms. The van der Waals surface area contributed by atoms with Gasteiger partial charge in [-0.05, 0) is 42.2 Å². The summed E-state index contributed by atoms with van der Waals surface area (Å²) in [5, 5.41) is 2.94.